The molecule has 0 aliphatic carbocycles. The van der Waals surface area contributed by atoms with Gasteiger partial charge in [0, 0.05) is 17.3 Å². The molecular weight excluding hydrogens is 272 g/mol. The van der Waals surface area contributed by atoms with Crippen molar-refractivity contribution >= 4 is 23.2 Å². The number of halogens is 1. The van der Waals surface area contributed by atoms with Gasteiger partial charge in [-0.05, 0) is 30.2 Å². The number of nitrogens with one attached hydrogen (secondary N) is 1. The molecule has 0 aromatic heterocycles. The Morgan fingerprint density at radius 2 is 1.95 bits per heavy atom. The Labute approximate surface area is 123 Å². The molecule has 2 aromatic carbocycles. The maximum atomic E-state index is 12.3. The van der Waals surface area contributed by atoms with E-state index in [9.17, 15) is 4.79 Å². The standard InChI is InChI=1S/C16H17ClN2O/c1-11-7-8-13(9-15(11)17)19-16(20)14(10-18)12-5-3-2-4-6-12/h2-9,14H,10,18H2,1H3,(H,19,20). The third-order valence-corrected chi connectivity index (χ3v) is 3.60. The molecule has 0 spiro atoms. The van der Waals surface area contributed by atoms with Gasteiger partial charge in [0.25, 0.3) is 0 Å². The fourth-order valence-corrected chi connectivity index (χ4v) is 2.16. The Morgan fingerprint density at radius 3 is 2.55 bits per heavy atom. The highest BCUT2D eigenvalue weighted by atomic mass is 35.5. The van der Waals surface area contributed by atoms with Gasteiger partial charge in [-0.15, -0.1) is 0 Å². The summed E-state index contributed by atoms with van der Waals surface area (Å²) in [4.78, 5) is 12.3. The lowest BCUT2D eigenvalue weighted by molar-refractivity contribution is -0.117. The smallest absolute Gasteiger partial charge is 0.233 e. The van der Waals surface area contributed by atoms with E-state index < -0.39 is 0 Å². The van der Waals surface area contributed by atoms with Gasteiger partial charge in [0.05, 0.1) is 5.92 Å². The first-order valence-electron chi connectivity index (χ1n) is 6.44. The van der Waals surface area contributed by atoms with Crippen LogP contribution in [-0.2, 0) is 4.79 Å². The number of aryl methyl sites for hydroxylation is 1. The van der Waals surface area contributed by atoms with Crippen LogP contribution in [0.4, 0.5) is 5.69 Å². The van der Waals surface area contributed by atoms with Crippen LogP contribution in [0.2, 0.25) is 5.02 Å². The number of hydrogen-bond donors (Lipinski definition) is 2. The molecule has 20 heavy (non-hydrogen) atoms. The molecule has 1 amide bonds. The molecule has 0 saturated carbocycles. The first-order valence-corrected chi connectivity index (χ1v) is 6.81. The summed E-state index contributed by atoms with van der Waals surface area (Å²) in [7, 11) is 0. The Bertz CT molecular complexity index is 599. The number of nitrogens with two attached hydrogens (primary N) is 1. The van der Waals surface area contributed by atoms with E-state index in [0.29, 0.717) is 10.7 Å². The van der Waals surface area contributed by atoms with E-state index in [4.69, 9.17) is 17.3 Å². The molecule has 3 N–H and O–H groups in total. The van der Waals surface area contributed by atoms with Crippen molar-refractivity contribution in [2.45, 2.75) is 12.8 Å². The minimum absolute atomic E-state index is 0.126. The maximum Gasteiger partial charge on any atom is 0.233 e. The minimum atomic E-state index is -0.365. The van der Waals surface area contributed by atoms with Crippen molar-refractivity contribution in [3.63, 3.8) is 0 Å². The number of amides is 1. The highest BCUT2D eigenvalue weighted by Gasteiger charge is 2.18. The summed E-state index contributed by atoms with van der Waals surface area (Å²) in [6.07, 6.45) is 0. The molecular formula is C16H17ClN2O. The summed E-state index contributed by atoms with van der Waals surface area (Å²) in [5.74, 6) is -0.491. The molecule has 0 fully saturated rings. The minimum Gasteiger partial charge on any atom is -0.329 e. The van der Waals surface area contributed by atoms with Gasteiger partial charge < -0.3 is 11.1 Å². The Morgan fingerprint density at radius 1 is 1.25 bits per heavy atom. The molecule has 0 heterocycles. The lowest BCUT2D eigenvalue weighted by Crippen LogP contribution is -2.27. The first-order chi connectivity index (χ1) is 9.61. The van der Waals surface area contributed by atoms with Crippen LogP contribution in [0.15, 0.2) is 48.5 Å². The molecule has 3 nitrogen and oxygen atoms in total. The lowest BCUT2D eigenvalue weighted by Gasteiger charge is -2.15. The molecule has 0 aliphatic rings. The number of anilines is 1. The summed E-state index contributed by atoms with van der Waals surface area (Å²) in [5, 5.41) is 3.49. The average molecular weight is 289 g/mol. The second-order valence-electron chi connectivity index (χ2n) is 4.65. The van der Waals surface area contributed by atoms with E-state index in [-0.39, 0.29) is 18.4 Å². The maximum absolute atomic E-state index is 12.3. The van der Waals surface area contributed by atoms with Crippen LogP contribution in [0.5, 0.6) is 0 Å². The van der Waals surface area contributed by atoms with Gasteiger partial charge in [0.1, 0.15) is 0 Å². The molecule has 104 valence electrons. The van der Waals surface area contributed by atoms with Crippen LogP contribution >= 0.6 is 11.6 Å². The van der Waals surface area contributed by atoms with Crippen molar-refractivity contribution in [3.05, 3.63) is 64.7 Å². The average Bonchev–Trinajstić information content (AvgIpc) is 2.45. The second-order valence-corrected chi connectivity index (χ2v) is 5.06. The van der Waals surface area contributed by atoms with Crippen molar-refractivity contribution in [2.75, 3.05) is 11.9 Å². The SMILES string of the molecule is Cc1ccc(NC(=O)C(CN)c2ccccc2)cc1Cl. The largest absolute Gasteiger partial charge is 0.329 e. The quantitative estimate of drug-likeness (QED) is 0.907. The van der Waals surface area contributed by atoms with Gasteiger partial charge in [-0.1, -0.05) is 48.0 Å². The Kier molecular flexibility index (Phi) is 4.77. The van der Waals surface area contributed by atoms with Crippen LogP contribution < -0.4 is 11.1 Å². The van der Waals surface area contributed by atoms with Gasteiger partial charge in [-0.2, -0.15) is 0 Å². The van der Waals surface area contributed by atoms with Crippen molar-refractivity contribution < 1.29 is 4.79 Å². The predicted molar refractivity (Wildman–Crippen MR) is 83.1 cm³/mol. The zero-order valence-electron chi connectivity index (χ0n) is 11.3. The van der Waals surface area contributed by atoms with Crippen molar-refractivity contribution in [1.82, 2.24) is 0 Å². The van der Waals surface area contributed by atoms with Gasteiger partial charge in [-0.25, -0.2) is 0 Å². The zero-order chi connectivity index (χ0) is 14.5. The van der Waals surface area contributed by atoms with Gasteiger partial charge in [-0.3, -0.25) is 4.79 Å². The molecule has 0 radical (unpaired) electrons. The summed E-state index contributed by atoms with van der Waals surface area (Å²) in [6, 6.07) is 15.0. The van der Waals surface area contributed by atoms with Gasteiger partial charge in [0.2, 0.25) is 5.91 Å². The summed E-state index contributed by atoms with van der Waals surface area (Å²) >= 11 is 6.05. The molecule has 1 unspecified atom stereocenters. The number of rotatable bonds is 4. The second kappa shape index (κ2) is 6.55. The summed E-state index contributed by atoms with van der Waals surface area (Å²) in [5.41, 5.74) is 8.29. The molecule has 2 rings (SSSR count). The molecule has 0 saturated heterocycles. The van der Waals surface area contributed by atoms with E-state index >= 15 is 0 Å². The zero-order valence-corrected chi connectivity index (χ0v) is 12.0. The molecule has 0 aliphatic heterocycles. The molecule has 4 heteroatoms. The van der Waals surface area contributed by atoms with Crippen LogP contribution in [0.3, 0.4) is 0 Å². The highest BCUT2D eigenvalue weighted by molar-refractivity contribution is 6.31. The normalized spacial score (nSPS) is 11.9. The topological polar surface area (TPSA) is 55.1 Å². The van der Waals surface area contributed by atoms with E-state index in [0.717, 1.165) is 11.1 Å². The highest BCUT2D eigenvalue weighted by Crippen LogP contribution is 2.22. The molecule has 0 bridgehead atoms. The van der Waals surface area contributed by atoms with E-state index in [1.54, 1.807) is 6.07 Å². The Balaban J connectivity index is 2.15. The fourth-order valence-electron chi connectivity index (χ4n) is 1.98. The van der Waals surface area contributed by atoms with E-state index in [1.807, 2.05) is 49.4 Å². The van der Waals surface area contributed by atoms with Gasteiger partial charge in [0.15, 0.2) is 0 Å². The third-order valence-electron chi connectivity index (χ3n) is 3.19. The van der Waals surface area contributed by atoms with Crippen molar-refractivity contribution in [1.29, 1.82) is 0 Å². The number of benzene rings is 2. The van der Waals surface area contributed by atoms with Crippen LogP contribution in [0.1, 0.15) is 17.0 Å². The molecule has 2 aromatic rings. The third kappa shape index (κ3) is 3.38. The molecule has 1 atom stereocenters. The predicted octanol–water partition coefficient (Wildman–Crippen LogP) is 3.33. The lowest BCUT2D eigenvalue weighted by atomic mass is 9.98. The summed E-state index contributed by atoms with van der Waals surface area (Å²) in [6.45, 7) is 2.18. The van der Waals surface area contributed by atoms with E-state index in [2.05, 4.69) is 5.32 Å². The Hall–Kier alpha value is -1.84. The van der Waals surface area contributed by atoms with Crippen LogP contribution in [0, 0.1) is 6.92 Å². The number of hydrogen-bond acceptors (Lipinski definition) is 2. The monoisotopic (exact) mass is 288 g/mol. The van der Waals surface area contributed by atoms with Crippen molar-refractivity contribution in [3.8, 4) is 0 Å². The van der Waals surface area contributed by atoms with Crippen LogP contribution in [-0.4, -0.2) is 12.5 Å². The van der Waals surface area contributed by atoms with Crippen LogP contribution in [0.25, 0.3) is 0 Å². The fraction of sp³-hybridized carbons (Fsp3) is 0.188. The number of carbonyl (C=O) groups excluding carboxylic acids is 1. The van der Waals surface area contributed by atoms with E-state index in [1.165, 1.54) is 0 Å². The van der Waals surface area contributed by atoms with Crippen molar-refractivity contribution in [2.24, 2.45) is 5.73 Å². The first kappa shape index (κ1) is 14.6. The summed E-state index contributed by atoms with van der Waals surface area (Å²) < 4.78 is 0. The van der Waals surface area contributed by atoms with Gasteiger partial charge >= 0.3 is 0 Å². The number of carbonyl (C=O) groups is 1.